The van der Waals surface area contributed by atoms with Crippen LogP contribution in [0, 0.1) is 31.4 Å². The molecule has 0 radical (unpaired) electrons. The number of fused-ring (bicyclic) bond motifs is 8. The standard InChI is InChI=1S/C20H20ClF2N5O2S.C20H24ClN5O3S.C19H27ClN4O3S.C17H23ClN4O4S/c1-10-4-20(19-12(3-18(21)31-19)17(29)9-30-20)5-14(25-10)16-8-28(27-26-16)7-15-13(23)2-11(22)6-24-15;1-10-5-20(19-13(4-17(21)30-19)16(27)9-28-20)6-14(22-10)15-7-26(25-24-15)8-18-23-11(2)12(3)29-18;1-11(9-25)3-4-24-8-15(22-23-24)14-7-19(6-12(2)21-14)18-13(5-17(20)28-18)16(26)10-27-19;1-9-3-17(16-11(2-15(18)27-16)14(25)8-26-17)4-12(19-9)13-6-22(21-20-13)5-10(24)7-23/h2-3,6,8,10,14,17,25,29H,4-5,7,9H2,1H3;4,7,10,14,16,22,27H,5-6,8-9H2,1-3H3;5,8,11-12,14,16,21,25-26H,3-4,6-7,9-10H2,1-2H3;2,6,9-10,12,14,19,23-25H,3-5,7-8H2,1H3/t10-,14-,17+,20-;10-,14-,16+,20-;11-,12+,14+,16-,19+;9-,10-,12-,14+,17-/m0010/s1. The number of nitrogens with zero attached hydrogens (tertiary/aromatic N) is 14. The van der Waals surface area contributed by atoms with E-state index in [9.17, 15) is 39.4 Å². The van der Waals surface area contributed by atoms with Gasteiger partial charge in [0.05, 0.1) is 159 Å². The van der Waals surface area contributed by atoms with Gasteiger partial charge >= 0.3 is 0 Å². The van der Waals surface area contributed by atoms with Crippen LogP contribution in [-0.2, 0) is 67.5 Å². The molecule has 0 aliphatic carbocycles. The second kappa shape index (κ2) is 35.3. The number of pyridine rings is 1. The first-order valence-electron chi connectivity index (χ1n) is 38.7. The molecule has 0 saturated carbocycles. The van der Waals surface area contributed by atoms with E-state index in [-0.39, 0.29) is 113 Å². The highest BCUT2D eigenvalue weighted by molar-refractivity contribution is 7.17. The van der Waals surface area contributed by atoms with Crippen LogP contribution in [0.25, 0.3) is 0 Å². The second-order valence-corrected chi connectivity index (χ2v) is 38.7. The van der Waals surface area contributed by atoms with E-state index in [1.165, 1.54) is 54.7 Å². The molecule has 11 N–H and O–H groups in total. The van der Waals surface area contributed by atoms with E-state index >= 15 is 0 Å². The summed E-state index contributed by atoms with van der Waals surface area (Å²) in [6, 6.07) is 8.64. The van der Waals surface area contributed by atoms with Gasteiger partial charge in [-0.3, -0.25) is 9.67 Å². The van der Waals surface area contributed by atoms with Gasteiger partial charge < -0.3 is 80.4 Å². The quantitative estimate of drug-likeness (QED) is 0.0454. The highest BCUT2D eigenvalue weighted by Crippen LogP contribution is 2.57. The molecule has 116 heavy (non-hydrogen) atoms. The Labute approximate surface area is 703 Å². The van der Waals surface area contributed by atoms with Crippen LogP contribution in [0.4, 0.5) is 8.78 Å². The number of rotatable bonds is 15. The molecular weight excluding hydrogens is 1670 g/mol. The Balaban J connectivity index is 0.000000122. The lowest BCUT2D eigenvalue weighted by Crippen LogP contribution is -2.50. The smallest absolute Gasteiger partial charge is 0.216 e. The monoisotopic (exact) mass is 1760 g/mol. The van der Waals surface area contributed by atoms with Crippen LogP contribution < -0.4 is 21.3 Å². The summed E-state index contributed by atoms with van der Waals surface area (Å²) >= 11 is 31.0. The number of ether oxygens (including phenoxy) is 4. The summed E-state index contributed by atoms with van der Waals surface area (Å²) in [6.07, 6.45) is 11.6. The molecule has 18 heterocycles. The summed E-state index contributed by atoms with van der Waals surface area (Å²) in [4.78, 5) is 12.2. The normalized spacial score (nSPS) is 29.9. The fraction of sp³-hybridized carbons (Fsp3) is 0.579. The molecule has 0 amide bonds. The number of hydrogen-bond donors (Lipinski definition) is 11. The average Bonchev–Trinajstić information content (AvgIpc) is 1.58. The van der Waals surface area contributed by atoms with Gasteiger partial charge in [0.1, 0.15) is 70.8 Å². The Bertz CT molecular complexity index is 5040. The van der Waals surface area contributed by atoms with E-state index < -0.39 is 64.6 Å². The number of halogens is 6. The molecule has 10 aromatic heterocycles. The van der Waals surface area contributed by atoms with Gasteiger partial charge in [-0.05, 0) is 104 Å². The topological polar surface area (TPSA) is 388 Å². The summed E-state index contributed by atoms with van der Waals surface area (Å²) in [6.45, 7) is 16.5. The van der Waals surface area contributed by atoms with Crippen molar-refractivity contribution in [3.8, 4) is 0 Å². The van der Waals surface area contributed by atoms with Crippen LogP contribution in [0.15, 0.2) is 65.7 Å². The molecule has 40 heteroatoms. The average molecular weight is 1760 g/mol. The Kier molecular flexibility index (Phi) is 25.9. The number of hydrogen-bond acceptors (Lipinski definition) is 30. The van der Waals surface area contributed by atoms with Gasteiger partial charge in [0, 0.05) is 111 Å². The van der Waals surface area contributed by atoms with Crippen LogP contribution in [-0.4, -0.2) is 176 Å². The molecule has 8 aliphatic rings. The van der Waals surface area contributed by atoms with Crippen LogP contribution in [0.1, 0.15) is 229 Å². The van der Waals surface area contributed by atoms with E-state index in [1.807, 2.05) is 62.1 Å². The summed E-state index contributed by atoms with van der Waals surface area (Å²) in [5.41, 5.74) is 5.59. The van der Waals surface area contributed by atoms with Crippen molar-refractivity contribution in [2.45, 2.75) is 234 Å². The predicted molar refractivity (Wildman–Crippen MR) is 428 cm³/mol. The number of aromatic nitrogens is 14. The molecule has 0 aromatic carbocycles. The van der Waals surface area contributed by atoms with Gasteiger partial charge in [-0.25, -0.2) is 27.8 Å². The SMILES string of the molecule is C[C@@H](CO)CCn1cc([C@@H]2C[C@]3(C[C@H](C)N2)OC[C@@H](O)c2cc(Cl)sc23)nn1.C[C@H]1C[C@@]2(C[C@@H](c3cn(C[C@H](O)CO)nn3)N1)OC[C@@H](O)c1cc(Cl)sc12.C[C@H]1C[C@@]2(C[C@@H](c3cn(Cc4ncc(F)cc4F)nn3)N1)OC[C@@H](O)c1cc(Cl)sc12.Cc1nc(Cn2cc([C@@H]3C[C@]4(C[C@H](C)N3)OC[C@@H](O)c3cc(Cl)sc34)nn2)oc1C. The number of oxazole rings is 1. The van der Waals surface area contributed by atoms with Gasteiger partial charge in [-0.15, -0.1) is 65.7 Å². The lowest BCUT2D eigenvalue weighted by molar-refractivity contribution is -0.129. The lowest BCUT2D eigenvalue weighted by atomic mass is 9.79. The number of aryl methyl sites for hydroxylation is 3. The van der Waals surface area contributed by atoms with Gasteiger partial charge in [0.2, 0.25) is 5.89 Å². The summed E-state index contributed by atoms with van der Waals surface area (Å²) in [5.74, 6) is 0.226. The first-order valence-corrected chi connectivity index (χ1v) is 43.5. The Hall–Kier alpha value is -5.86. The zero-order valence-corrected chi connectivity index (χ0v) is 70.9. The van der Waals surface area contributed by atoms with Crippen molar-refractivity contribution < 1.29 is 67.9 Å². The van der Waals surface area contributed by atoms with Crippen molar-refractivity contribution in [3.63, 3.8) is 0 Å². The van der Waals surface area contributed by atoms with Gasteiger partial charge in [-0.2, -0.15) is 0 Å². The van der Waals surface area contributed by atoms with Gasteiger partial charge in [0.15, 0.2) is 0 Å². The second-order valence-electron chi connectivity index (χ2n) is 31.9. The molecule has 4 spiro atoms. The molecule has 10 aromatic rings. The minimum atomic E-state index is -0.872. The zero-order chi connectivity index (χ0) is 81.9. The minimum absolute atomic E-state index is 0.0109. The molecule has 30 nitrogen and oxygen atoms in total. The maximum Gasteiger partial charge on any atom is 0.216 e. The molecule has 0 bridgehead atoms. The summed E-state index contributed by atoms with van der Waals surface area (Å²) in [5, 5.41) is 117. The van der Waals surface area contributed by atoms with Gasteiger partial charge in [0.25, 0.3) is 0 Å². The van der Waals surface area contributed by atoms with Gasteiger partial charge in [-0.1, -0.05) is 74.2 Å². The number of nitrogens with one attached hydrogen (secondary N) is 4. The van der Waals surface area contributed by atoms with E-state index in [2.05, 4.69) is 100 Å². The maximum absolute atomic E-state index is 13.9. The molecule has 18 atom stereocenters. The number of aliphatic hydroxyl groups excluding tert-OH is 7. The van der Waals surface area contributed by atoms with Crippen molar-refractivity contribution in [1.29, 1.82) is 0 Å². The number of thiophene rings is 4. The van der Waals surface area contributed by atoms with Crippen molar-refractivity contribution in [2.75, 3.05) is 39.6 Å². The van der Waals surface area contributed by atoms with Crippen molar-refractivity contribution in [3.05, 3.63) is 178 Å². The zero-order valence-electron chi connectivity index (χ0n) is 64.6. The minimum Gasteiger partial charge on any atom is -0.444 e. The van der Waals surface area contributed by atoms with Crippen LogP contribution >= 0.6 is 91.8 Å². The van der Waals surface area contributed by atoms with E-state index in [0.717, 1.165) is 128 Å². The van der Waals surface area contributed by atoms with E-state index in [4.69, 9.17) is 74.9 Å². The first kappa shape index (κ1) is 85.1. The Morgan fingerprint density at radius 2 is 0.862 bits per heavy atom. The fourth-order valence-electron chi connectivity index (χ4n) is 17.4. The van der Waals surface area contributed by atoms with Crippen LogP contribution in [0.3, 0.4) is 0 Å². The molecule has 4 fully saturated rings. The van der Waals surface area contributed by atoms with Crippen molar-refractivity contribution >= 4 is 91.8 Å². The largest absolute Gasteiger partial charge is 0.444 e. The summed E-state index contributed by atoms with van der Waals surface area (Å²) < 4.78 is 66.9. The molecule has 4 saturated heterocycles. The molecular formula is C76H94Cl4F2N18O12S4. The lowest BCUT2D eigenvalue weighted by Gasteiger charge is -2.46. The third kappa shape index (κ3) is 18.3. The molecule has 626 valence electrons. The number of piperidine rings is 4. The number of aliphatic hydroxyl groups is 7. The first-order chi connectivity index (χ1) is 55.4. The Morgan fingerprint density at radius 1 is 0.509 bits per heavy atom. The van der Waals surface area contributed by atoms with Crippen molar-refractivity contribution in [2.24, 2.45) is 5.92 Å². The highest BCUT2D eigenvalue weighted by atomic mass is 35.5. The Morgan fingerprint density at radius 3 is 1.22 bits per heavy atom. The van der Waals surface area contributed by atoms with E-state index in [0.29, 0.717) is 54.7 Å². The highest BCUT2D eigenvalue weighted by Gasteiger charge is 2.53. The third-order valence-corrected chi connectivity index (χ3v) is 28.6. The summed E-state index contributed by atoms with van der Waals surface area (Å²) in [7, 11) is 0. The van der Waals surface area contributed by atoms with E-state index in [1.54, 1.807) is 17.1 Å². The molecule has 8 aliphatic heterocycles. The van der Waals surface area contributed by atoms with Crippen LogP contribution in [0.2, 0.25) is 17.3 Å². The maximum atomic E-state index is 13.9. The fourth-order valence-corrected chi connectivity index (χ4v) is 23.2. The molecule has 18 rings (SSSR count). The molecule has 0 unspecified atom stereocenters. The van der Waals surface area contributed by atoms with Crippen LogP contribution in [0.5, 0.6) is 0 Å². The third-order valence-electron chi connectivity index (χ3n) is 22.7. The van der Waals surface area contributed by atoms with Crippen molar-refractivity contribution in [1.82, 2.24) is 91.2 Å². The predicted octanol–water partition coefficient (Wildman–Crippen LogP) is 10.8.